The van der Waals surface area contributed by atoms with E-state index in [1.165, 1.54) is 0 Å². The Labute approximate surface area is 89.9 Å². The van der Waals surface area contributed by atoms with Crippen molar-refractivity contribution < 1.29 is 9.21 Å². The fraction of sp³-hybridized carbons (Fsp3) is 0.583. The number of aryl methyl sites for hydroxylation is 1. The van der Waals surface area contributed by atoms with Crippen molar-refractivity contribution in [2.45, 2.75) is 26.2 Å². The zero-order valence-corrected chi connectivity index (χ0v) is 9.30. The molecule has 1 aliphatic rings. The summed E-state index contributed by atoms with van der Waals surface area (Å²) in [4.78, 5) is 12.2. The third kappa shape index (κ3) is 1.72. The molecule has 1 aromatic heterocycles. The van der Waals surface area contributed by atoms with Gasteiger partial charge in [-0.3, -0.25) is 4.79 Å². The fourth-order valence-corrected chi connectivity index (χ4v) is 2.24. The Kier molecular flexibility index (Phi) is 2.65. The van der Waals surface area contributed by atoms with Crippen molar-refractivity contribution in [3.05, 3.63) is 23.7 Å². The number of carbonyl (C=O) groups is 1. The number of hydrogen-bond donors (Lipinski definition) is 1. The molecule has 0 unspecified atom stereocenters. The van der Waals surface area contributed by atoms with Gasteiger partial charge in [0.25, 0.3) is 0 Å². The van der Waals surface area contributed by atoms with Crippen LogP contribution >= 0.6 is 0 Å². The Hall–Kier alpha value is -1.09. The van der Waals surface area contributed by atoms with Crippen molar-refractivity contribution in [2.24, 2.45) is 5.41 Å². The highest BCUT2D eigenvalue weighted by Gasteiger charge is 2.44. The van der Waals surface area contributed by atoms with E-state index in [1.54, 1.807) is 6.07 Å². The first-order chi connectivity index (χ1) is 7.18. The summed E-state index contributed by atoms with van der Waals surface area (Å²) in [6.45, 7) is 2.62. The van der Waals surface area contributed by atoms with Gasteiger partial charge < -0.3 is 9.73 Å². The molecule has 0 aliphatic heterocycles. The summed E-state index contributed by atoms with van der Waals surface area (Å²) < 4.78 is 5.40. The first-order valence-electron chi connectivity index (χ1n) is 5.44. The van der Waals surface area contributed by atoms with Gasteiger partial charge in [0.1, 0.15) is 5.76 Å². The van der Waals surface area contributed by atoms with Crippen molar-refractivity contribution >= 4 is 5.78 Å². The summed E-state index contributed by atoms with van der Waals surface area (Å²) in [6.07, 6.45) is 3.10. The van der Waals surface area contributed by atoms with Gasteiger partial charge in [-0.25, -0.2) is 0 Å². The highest BCUT2D eigenvalue weighted by atomic mass is 16.3. The maximum Gasteiger partial charge on any atom is 0.205 e. The molecule has 1 saturated carbocycles. The number of rotatable bonds is 4. The molecule has 0 bridgehead atoms. The van der Waals surface area contributed by atoms with Gasteiger partial charge >= 0.3 is 0 Å². The lowest BCUT2D eigenvalue weighted by Gasteiger charge is -2.39. The van der Waals surface area contributed by atoms with Crippen molar-refractivity contribution in [3.63, 3.8) is 0 Å². The number of furan rings is 1. The van der Waals surface area contributed by atoms with Crippen molar-refractivity contribution in [1.82, 2.24) is 5.32 Å². The van der Waals surface area contributed by atoms with E-state index in [0.29, 0.717) is 5.76 Å². The van der Waals surface area contributed by atoms with E-state index in [4.69, 9.17) is 4.42 Å². The van der Waals surface area contributed by atoms with Gasteiger partial charge in [-0.2, -0.15) is 0 Å². The lowest BCUT2D eigenvalue weighted by atomic mass is 9.65. The van der Waals surface area contributed by atoms with Crippen LogP contribution in [0.25, 0.3) is 0 Å². The molecule has 2 rings (SSSR count). The van der Waals surface area contributed by atoms with Crippen molar-refractivity contribution in [2.75, 3.05) is 13.6 Å². The maximum atomic E-state index is 12.2. The minimum absolute atomic E-state index is 0.163. The van der Waals surface area contributed by atoms with E-state index in [1.807, 2.05) is 20.0 Å². The molecule has 3 heteroatoms. The summed E-state index contributed by atoms with van der Waals surface area (Å²) in [5, 5.41) is 3.11. The molecule has 1 fully saturated rings. The third-order valence-corrected chi connectivity index (χ3v) is 3.27. The van der Waals surface area contributed by atoms with Gasteiger partial charge in [0.2, 0.25) is 5.78 Å². The minimum atomic E-state index is -0.195. The molecule has 0 aromatic carbocycles. The van der Waals surface area contributed by atoms with Gasteiger partial charge in [0, 0.05) is 12.0 Å². The van der Waals surface area contributed by atoms with Gasteiger partial charge in [-0.15, -0.1) is 0 Å². The van der Waals surface area contributed by atoms with Crippen LogP contribution < -0.4 is 5.32 Å². The largest absolute Gasteiger partial charge is 0.458 e. The lowest BCUT2D eigenvalue weighted by Crippen LogP contribution is -2.45. The second-order valence-corrected chi connectivity index (χ2v) is 4.40. The number of carbonyl (C=O) groups excluding carboxylic acids is 1. The monoisotopic (exact) mass is 207 g/mol. The van der Waals surface area contributed by atoms with E-state index in [9.17, 15) is 4.79 Å². The Bertz CT molecular complexity index is 363. The summed E-state index contributed by atoms with van der Waals surface area (Å²) in [7, 11) is 1.89. The van der Waals surface area contributed by atoms with Gasteiger partial charge in [-0.1, -0.05) is 6.42 Å². The van der Waals surface area contributed by atoms with Gasteiger partial charge in [-0.05, 0) is 38.9 Å². The zero-order chi connectivity index (χ0) is 10.9. The first-order valence-corrected chi connectivity index (χ1v) is 5.44. The molecule has 0 radical (unpaired) electrons. The smallest absolute Gasteiger partial charge is 0.205 e. The van der Waals surface area contributed by atoms with Crippen LogP contribution in [-0.2, 0) is 0 Å². The average Bonchev–Trinajstić information content (AvgIpc) is 2.57. The predicted octanol–water partition coefficient (Wildman–Crippen LogP) is 2.16. The Balaban J connectivity index is 2.19. The van der Waals surface area contributed by atoms with Crippen LogP contribution in [-0.4, -0.2) is 19.4 Å². The van der Waals surface area contributed by atoms with Crippen molar-refractivity contribution in [1.29, 1.82) is 0 Å². The highest BCUT2D eigenvalue weighted by molar-refractivity contribution is 5.99. The molecule has 0 amide bonds. The second-order valence-electron chi connectivity index (χ2n) is 4.40. The summed E-state index contributed by atoms with van der Waals surface area (Å²) >= 11 is 0. The normalized spacial score (nSPS) is 18.5. The number of hydrogen-bond acceptors (Lipinski definition) is 3. The van der Waals surface area contributed by atoms with E-state index in [2.05, 4.69) is 5.32 Å². The minimum Gasteiger partial charge on any atom is -0.458 e. The third-order valence-electron chi connectivity index (χ3n) is 3.27. The molecule has 3 nitrogen and oxygen atoms in total. The molecule has 1 aromatic rings. The molecule has 1 N–H and O–H groups in total. The SMILES string of the molecule is CNCC1(C(=O)c2ccc(C)o2)CCC1. The van der Waals surface area contributed by atoms with E-state index in [-0.39, 0.29) is 11.2 Å². The molecule has 0 spiro atoms. The first kappa shape index (κ1) is 10.4. The summed E-state index contributed by atoms with van der Waals surface area (Å²) in [5.41, 5.74) is -0.195. The lowest BCUT2D eigenvalue weighted by molar-refractivity contribution is 0.0581. The molecular formula is C12H17NO2. The molecule has 0 saturated heterocycles. The van der Waals surface area contributed by atoms with Crippen LogP contribution in [0.1, 0.15) is 35.6 Å². The van der Waals surface area contributed by atoms with Gasteiger partial charge in [0.05, 0.1) is 0 Å². The Morgan fingerprint density at radius 2 is 2.27 bits per heavy atom. The Morgan fingerprint density at radius 1 is 1.53 bits per heavy atom. The van der Waals surface area contributed by atoms with Gasteiger partial charge in [0.15, 0.2) is 5.76 Å². The average molecular weight is 207 g/mol. The van der Waals surface area contributed by atoms with Crippen LogP contribution in [0.15, 0.2) is 16.5 Å². The molecule has 1 aliphatic carbocycles. The number of Topliss-reactive ketones (excluding diaryl/α,β-unsaturated/α-hetero) is 1. The molecular weight excluding hydrogens is 190 g/mol. The number of nitrogens with one attached hydrogen (secondary N) is 1. The topological polar surface area (TPSA) is 42.2 Å². The van der Waals surface area contributed by atoms with Crippen LogP contribution in [0.4, 0.5) is 0 Å². The fourth-order valence-electron chi connectivity index (χ4n) is 2.24. The quantitative estimate of drug-likeness (QED) is 0.769. The molecule has 1 heterocycles. The van der Waals surface area contributed by atoms with E-state index in [0.717, 1.165) is 31.6 Å². The Morgan fingerprint density at radius 3 is 2.67 bits per heavy atom. The molecule has 15 heavy (non-hydrogen) atoms. The highest BCUT2D eigenvalue weighted by Crippen LogP contribution is 2.43. The number of ketones is 1. The standard InChI is InChI=1S/C12H17NO2/c1-9-4-5-10(15-9)11(14)12(8-13-2)6-3-7-12/h4-5,13H,3,6-8H2,1-2H3. The van der Waals surface area contributed by atoms with Crippen LogP contribution in [0.2, 0.25) is 0 Å². The second kappa shape index (κ2) is 3.81. The van der Waals surface area contributed by atoms with Crippen molar-refractivity contribution in [3.8, 4) is 0 Å². The van der Waals surface area contributed by atoms with E-state index < -0.39 is 0 Å². The van der Waals surface area contributed by atoms with Crippen LogP contribution in [0, 0.1) is 12.3 Å². The zero-order valence-electron chi connectivity index (χ0n) is 9.30. The van der Waals surface area contributed by atoms with Crippen LogP contribution in [0.5, 0.6) is 0 Å². The maximum absolute atomic E-state index is 12.2. The predicted molar refractivity (Wildman–Crippen MR) is 58.0 cm³/mol. The van der Waals surface area contributed by atoms with E-state index >= 15 is 0 Å². The summed E-state index contributed by atoms with van der Waals surface area (Å²) in [6, 6.07) is 3.63. The van der Waals surface area contributed by atoms with Crippen LogP contribution in [0.3, 0.4) is 0 Å². The molecule has 0 atom stereocenters. The molecule has 82 valence electrons. The summed E-state index contributed by atoms with van der Waals surface area (Å²) in [5.74, 6) is 1.48.